The minimum absolute atomic E-state index is 0.211. The van der Waals surface area contributed by atoms with Crippen LogP contribution in [0.15, 0.2) is 0 Å². The first-order valence-corrected chi connectivity index (χ1v) is 8.01. The first-order chi connectivity index (χ1) is 8.99. The van der Waals surface area contributed by atoms with Gasteiger partial charge in [-0.25, -0.2) is 0 Å². The molecular formula is C16H32N2O. The molecule has 0 spiro atoms. The van der Waals surface area contributed by atoms with Crippen molar-refractivity contribution in [1.82, 2.24) is 10.6 Å². The average molecular weight is 268 g/mol. The molecular weight excluding hydrogens is 236 g/mol. The van der Waals surface area contributed by atoms with Gasteiger partial charge in [0.2, 0.25) is 5.91 Å². The van der Waals surface area contributed by atoms with E-state index in [1.54, 1.807) is 0 Å². The van der Waals surface area contributed by atoms with Gasteiger partial charge in [-0.05, 0) is 44.6 Å². The zero-order valence-electron chi connectivity index (χ0n) is 13.2. The van der Waals surface area contributed by atoms with Crippen molar-refractivity contribution in [1.29, 1.82) is 0 Å². The highest BCUT2D eigenvalue weighted by Gasteiger charge is 2.23. The lowest BCUT2D eigenvalue weighted by Gasteiger charge is -2.30. The summed E-state index contributed by atoms with van der Waals surface area (Å²) in [5.41, 5.74) is 0. The van der Waals surface area contributed by atoms with Gasteiger partial charge in [0.25, 0.3) is 0 Å². The topological polar surface area (TPSA) is 41.1 Å². The van der Waals surface area contributed by atoms with Crippen LogP contribution in [0, 0.1) is 11.8 Å². The summed E-state index contributed by atoms with van der Waals surface area (Å²) in [5, 5.41) is 6.61. The standard InChI is InChI=1S/C16H32N2O/c1-12(2)7-5-9-14(4)18-16(19)11-15-13(3)8-6-10-17-15/h12-15,17H,5-11H2,1-4H3,(H,18,19). The maximum Gasteiger partial charge on any atom is 0.221 e. The Balaban J connectivity index is 2.18. The molecule has 0 radical (unpaired) electrons. The van der Waals surface area contributed by atoms with Crippen molar-refractivity contribution in [3.63, 3.8) is 0 Å². The zero-order valence-corrected chi connectivity index (χ0v) is 13.2. The van der Waals surface area contributed by atoms with Crippen LogP contribution in [-0.2, 0) is 4.79 Å². The van der Waals surface area contributed by atoms with E-state index in [1.807, 2.05) is 0 Å². The van der Waals surface area contributed by atoms with Gasteiger partial charge in [0.1, 0.15) is 0 Å². The molecule has 1 fully saturated rings. The highest BCUT2D eigenvalue weighted by Crippen LogP contribution is 2.18. The predicted molar refractivity (Wildman–Crippen MR) is 81.1 cm³/mol. The molecule has 112 valence electrons. The molecule has 0 bridgehead atoms. The molecule has 1 aliphatic heterocycles. The van der Waals surface area contributed by atoms with Crippen LogP contribution in [-0.4, -0.2) is 24.5 Å². The maximum absolute atomic E-state index is 12.0. The Morgan fingerprint density at radius 1 is 1.32 bits per heavy atom. The first-order valence-electron chi connectivity index (χ1n) is 8.01. The van der Waals surface area contributed by atoms with Crippen LogP contribution in [0.25, 0.3) is 0 Å². The van der Waals surface area contributed by atoms with Crippen LogP contribution in [0.4, 0.5) is 0 Å². The summed E-state index contributed by atoms with van der Waals surface area (Å²) >= 11 is 0. The molecule has 1 saturated heterocycles. The van der Waals surface area contributed by atoms with Crippen molar-refractivity contribution in [2.45, 2.75) is 78.3 Å². The molecule has 3 atom stereocenters. The van der Waals surface area contributed by atoms with Gasteiger partial charge < -0.3 is 10.6 Å². The largest absolute Gasteiger partial charge is 0.354 e. The zero-order chi connectivity index (χ0) is 14.3. The normalized spacial score (nSPS) is 25.3. The Morgan fingerprint density at radius 3 is 2.68 bits per heavy atom. The van der Waals surface area contributed by atoms with E-state index in [0.717, 1.165) is 18.9 Å². The molecule has 2 N–H and O–H groups in total. The van der Waals surface area contributed by atoms with E-state index >= 15 is 0 Å². The molecule has 3 unspecified atom stereocenters. The Hall–Kier alpha value is -0.570. The fourth-order valence-electron chi connectivity index (χ4n) is 2.83. The molecule has 1 heterocycles. The number of amides is 1. The molecule has 0 aromatic heterocycles. The summed E-state index contributed by atoms with van der Waals surface area (Å²) in [6, 6.07) is 0.682. The molecule has 1 aliphatic rings. The van der Waals surface area contributed by atoms with Crippen LogP contribution < -0.4 is 10.6 Å². The molecule has 19 heavy (non-hydrogen) atoms. The van der Waals surface area contributed by atoms with Crippen LogP contribution in [0.2, 0.25) is 0 Å². The Kier molecular flexibility index (Phi) is 7.44. The molecule has 0 aromatic rings. The van der Waals surface area contributed by atoms with Crippen molar-refractivity contribution in [3.8, 4) is 0 Å². The van der Waals surface area contributed by atoms with E-state index < -0.39 is 0 Å². The minimum Gasteiger partial charge on any atom is -0.354 e. The predicted octanol–water partition coefficient (Wildman–Crippen LogP) is 3.10. The fraction of sp³-hybridized carbons (Fsp3) is 0.938. The summed E-state index contributed by atoms with van der Waals surface area (Å²) in [5.74, 6) is 1.59. The van der Waals surface area contributed by atoms with Gasteiger partial charge in [-0.2, -0.15) is 0 Å². The third kappa shape index (κ3) is 6.95. The second-order valence-corrected chi connectivity index (χ2v) is 6.68. The van der Waals surface area contributed by atoms with E-state index in [1.165, 1.54) is 25.7 Å². The Bertz CT molecular complexity index is 265. The van der Waals surface area contributed by atoms with Gasteiger partial charge in [0, 0.05) is 18.5 Å². The van der Waals surface area contributed by atoms with Crippen LogP contribution in [0.5, 0.6) is 0 Å². The Labute approximate surface area is 118 Å². The first kappa shape index (κ1) is 16.5. The number of carbonyl (C=O) groups is 1. The third-order valence-electron chi connectivity index (χ3n) is 4.16. The average Bonchev–Trinajstić information content (AvgIpc) is 2.31. The van der Waals surface area contributed by atoms with Crippen molar-refractivity contribution in [3.05, 3.63) is 0 Å². The van der Waals surface area contributed by atoms with E-state index in [-0.39, 0.29) is 5.91 Å². The smallest absolute Gasteiger partial charge is 0.221 e. The van der Waals surface area contributed by atoms with Crippen LogP contribution in [0.3, 0.4) is 0 Å². The SMILES string of the molecule is CC(C)CCCC(C)NC(=O)CC1NCCCC1C. The summed E-state index contributed by atoms with van der Waals surface area (Å²) in [4.78, 5) is 12.0. The van der Waals surface area contributed by atoms with Gasteiger partial charge in [0.05, 0.1) is 0 Å². The molecule has 0 aliphatic carbocycles. The molecule has 1 amide bonds. The number of piperidine rings is 1. The van der Waals surface area contributed by atoms with E-state index in [9.17, 15) is 4.79 Å². The molecule has 3 nitrogen and oxygen atoms in total. The second kappa shape index (κ2) is 8.57. The van der Waals surface area contributed by atoms with Gasteiger partial charge in [-0.3, -0.25) is 4.79 Å². The molecule has 0 aromatic carbocycles. The maximum atomic E-state index is 12.0. The van der Waals surface area contributed by atoms with Crippen LogP contribution in [0.1, 0.15) is 66.2 Å². The lowest BCUT2D eigenvalue weighted by Crippen LogP contribution is -2.44. The lowest BCUT2D eigenvalue weighted by atomic mass is 9.90. The summed E-state index contributed by atoms with van der Waals surface area (Å²) < 4.78 is 0. The minimum atomic E-state index is 0.211. The summed E-state index contributed by atoms with van der Waals surface area (Å²) in [7, 11) is 0. The monoisotopic (exact) mass is 268 g/mol. The van der Waals surface area contributed by atoms with Crippen molar-refractivity contribution < 1.29 is 4.79 Å². The van der Waals surface area contributed by atoms with Crippen LogP contribution >= 0.6 is 0 Å². The number of hydrogen-bond donors (Lipinski definition) is 2. The van der Waals surface area contributed by atoms with Crippen molar-refractivity contribution in [2.24, 2.45) is 11.8 Å². The number of hydrogen-bond acceptors (Lipinski definition) is 2. The highest BCUT2D eigenvalue weighted by atomic mass is 16.1. The van der Waals surface area contributed by atoms with E-state index in [4.69, 9.17) is 0 Å². The van der Waals surface area contributed by atoms with Gasteiger partial charge in [-0.15, -0.1) is 0 Å². The number of nitrogens with one attached hydrogen (secondary N) is 2. The number of carbonyl (C=O) groups excluding carboxylic acids is 1. The second-order valence-electron chi connectivity index (χ2n) is 6.68. The molecule has 1 rings (SSSR count). The fourth-order valence-corrected chi connectivity index (χ4v) is 2.83. The molecule has 0 saturated carbocycles. The third-order valence-corrected chi connectivity index (χ3v) is 4.16. The van der Waals surface area contributed by atoms with Gasteiger partial charge in [-0.1, -0.05) is 33.6 Å². The molecule has 3 heteroatoms. The van der Waals surface area contributed by atoms with E-state index in [0.29, 0.717) is 24.4 Å². The quantitative estimate of drug-likeness (QED) is 0.745. The lowest BCUT2D eigenvalue weighted by molar-refractivity contribution is -0.122. The summed E-state index contributed by atoms with van der Waals surface area (Å²) in [6.07, 6.45) is 6.67. The Morgan fingerprint density at radius 2 is 2.05 bits per heavy atom. The van der Waals surface area contributed by atoms with E-state index in [2.05, 4.69) is 38.3 Å². The van der Waals surface area contributed by atoms with Crippen molar-refractivity contribution in [2.75, 3.05) is 6.54 Å². The van der Waals surface area contributed by atoms with Crippen molar-refractivity contribution >= 4 is 5.91 Å². The van der Waals surface area contributed by atoms with Gasteiger partial charge in [0.15, 0.2) is 0 Å². The van der Waals surface area contributed by atoms with Gasteiger partial charge >= 0.3 is 0 Å². The summed E-state index contributed by atoms with van der Waals surface area (Å²) in [6.45, 7) is 9.93. The number of rotatable bonds is 7. The highest BCUT2D eigenvalue weighted by molar-refractivity contribution is 5.76.